The number of hydrogen-bond donors (Lipinski definition) is 0. The van der Waals surface area contributed by atoms with Crippen LogP contribution in [0.4, 0.5) is 0 Å². The number of hydrogen-bond acceptors (Lipinski definition) is 2. The van der Waals surface area contributed by atoms with E-state index in [0.717, 1.165) is 35.6 Å². The number of nitrogens with zero attached hydrogens (tertiary/aromatic N) is 1. The summed E-state index contributed by atoms with van der Waals surface area (Å²) >= 11 is 0. The molecule has 1 heterocycles. The van der Waals surface area contributed by atoms with Crippen LogP contribution in [0.25, 0.3) is 10.8 Å². The van der Waals surface area contributed by atoms with Gasteiger partial charge in [0.25, 0.3) is 0 Å². The molecule has 1 aliphatic carbocycles. The summed E-state index contributed by atoms with van der Waals surface area (Å²) in [4.78, 5) is 17.1. The zero-order valence-corrected chi connectivity index (χ0v) is 11.5. The van der Waals surface area contributed by atoms with Gasteiger partial charge in [0, 0.05) is 29.3 Å². The topological polar surface area (TPSA) is 30.0 Å². The van der Waals surface area contributed by atoms with Crippen LogP contribution in [0, 0.1) is 11.3 Å². The van der Waals surface area contributed by atoms with E-state index in [-0.39, 0.29) is 17.1 Å². The molecular formula is C17H19NO. The van der Waals surface area contributed by atoms with E-state index >= 15 is 0 Å². The molecule has 0 bridgehead atoms. The van der Waals surface area contributed by atoms with Crippen molar-refractivity contribution in [2.24, 2.45) is 11.3 Å². The van der Waals surface area contributed by atoms with Crippen molar-refractivity contribution in [2.75, 3.05) is 0 Å². The molecule has 0 N–H and O–H groups in total. The van der Waals surface area contributed by atoms with Gasteiger partial charge in [-0.1, -0.05) is 44.5 Å². The molecule has 0 radical (unpaired) electrons. The highest BCUT2D eigenvalue weighted by Crippen LogP contribution is 2.44. The quantitative estimate of drug-likeness (QED) is 0.749. The lowest BCUT2D eigenvalue weighted by Gasteiger charge is -2.26. The highest BCUT2D eigenvalue weighted by Gasteiger charge is 2.39. The third-order valence-electron chi connectivity index (χ3n) is 4.51. The van der Waals surface area contributed by atoms with E-state index < -0.39 is 0 Å². The summed E-state index contributed by atoms with van der Waals surface area (Å²) in [6.07, 6.45) is 6.86. The molecule has 0 amide bonds. The lowest BCUT2D eigenvalue weighted by atomic mass is 9.77. The summed E-state index contributed by atoms with van der Waals surface area (Å²) < 4.78 is 0. The molecule has 0 saturated heterocycles. The Kier molecular flexibility index (Phi) is 2.89. The van der Waals surface area contributed by atoms with Crippen LogP contribution in [-0.2, 0) is 0 Å². The summed E-state index contributed by atoms with van der Waals surface area (Å²) in [5, 5.41) is 2.08. The van der Waals surface area contributed by atoms with Crippen LogP contribution in [-0.4, -0.2) is 10.8 Å². The van der Waals surface area contributed by atoms with Gasteiger partial charge in [0.1, 0.15) is 0 Å². The highest BCUT2D eigenvalue weighted by atomic mass is 16.1. The maximum atomic E-state index is 12.8. The Morgan fingerprint density at radius 1 is 1.26 bits per heavy atom. The van der Waals surface area contributed by atoms with Crippen LogP contribution in [0.2, 0.25) is 0 Å². The smallest absolute Gasteiger partial charge is 0.168 e. The van der Waals surface area contributed by atoms with Crippen LogP contribution in [0.3, 0.4) is 0 Å². The molecule has 1 aromatic heterocycles. The first-order valence-electron chi connectivity index (χ1n) is 6.96. The van der Waals surface area contributed by atoms with Gasteiger partial charge in [0.05, 0.1) is 0 Å². The average Bonchev–Trinajstić information content (AvgIpc) is 2.77. The van der Waals surface area contributed by atoms with Gasteiger partial charge in [-0.25, -0.2) is 0 Å². The molecule has 3 rings (SSSR count). The Labute approximate surface area is 113 Å². The van der Waals surface area contributed by atoms with E-state index in [9.17, 15) is 4.79 Å². The lowest BCUT2D eigenvalue weighted by molar-refractivity contribution is 0.0840. The Balaban J connectivity index is 2.07. The van der Waals surface area contributed by atoms with Gasteiger partial charge < -0.3 is 0 Å². The molecule has 1 aromatic carbocycles. The van der Waals surface area contributed by atoms with Crippen molar-refractivity contribution >= 4 is 16.6 Å². The van der Waals surface area contributed by atoms with Crippen molar-refractivity contribution < 1.29 is 4.79 Å². The zero-order chi connectivity index (χ0) is 13.5. The van der Waals surface area contributed by atoms with Gasteiger partial charge in [0.2, 0.25) is 0 Å². The summed E-state index contributed by atoms with van der Waals surface area (Å²) in [5.41, 5.74) is 0.909. The molecule has 2 nitrogen and oxygen atoms in total. The minimum absolute atomic E-state index is 0.119. The van der Waals surface area contributed by atoms with Crippen molar-refractivity contribution in [3.05, 3.63) is 42.2 Å². The maximum absolute atomic E-state index is 12.8. The summed E-state index contributed by atoms with van der Waals surface area (Å²) in [6, 6.07) is 8.00. The first-order valence-corrected chi connectivity index (χ1v) is 6.96. The van der Waals surface area contributed by atoms with Gasteiger partial charge in [-0.2, -0.15) is 0 Å². The molecule has 2 aromatic rings. The van der Waals surface area contributed by atoms with E-state index in [1.54, 1.807) is 6.20 Å². The van der Waals surface area contributed by atoms with E-state index in [2.05, 4.69) is 18.8 Å². The van der Waals surface area contributed by atoms with Crippen molar-refractivity contribution in [1.29, 1.82) is 0 Å². The lowest BCUT2D eigenvalue weighted by Crippen LogP contribution is -2.26. The fourth-order valence-corrected chi connectivity index (χ4v) is 3.31. The molecule has 19 heavy (non-hydrogen) atoms. The molecule has 98 valence electrons. The molecule has 1 saturated carbocycles. The predicted molar refractivity (Wildman–Crippen MR) is 77.2 cm³/mol. The number of benzene rings is 1. The van der Waals surface area contributed by atoms with E-state index in [0.29, 0.717) is 0 Å². The number of rotatable bonds is 2. The van der Waals surface area contributed by atoms with Crippen molar-refractivity contribution in [3.63, 3.8) is 0 Å². The second-order valence-corrected chi connectivity index (χ2v) is 6.21. The number of carbonyl (C=O) groups excluding carboxylic acids is 1. The third kappa shape index (κ3) is 2.05. The minimum Gasteiger partial charge on any atom is -0.294 e. The van der Waals surface area contributed by atoms with Crippen LogP contribution in [0.1, 0.15) is 43.5 Å². The number of aromatic nitrogens is 1. The predicted octanol–water partition coefficient (Wildman–Crippen LogP) is 4.24. The standard InChI is InChI=1S/C17H19NO/c1-17(2)9-5-8-15(17)16(19)14-11-18-10-12-6-3-4-7-13(12)14/h3-4,6-7,10-11,15H,5,8-9H2,1-2H3. The van der Waals surface area contributed by atoms with Gasteiger partial charge in [-0.15, -0.1) is 0 Å². The summed E-state index contributed by atoms with van der Waals surface area (Å²) in [5.74, 6) is 0.409. The van der Waals surface area contributed by atoms with Crippen LogP contribution >= 0.6 is 0 Å². The largest absolute Gasteiger partial charge is 0.294 e. The second kappa shape index (κ2) is 4.44. The Morgan fingerprint density at radius 3 is 2.79 bits per heavy atom. The monoisotopic (exact) mass is 253 g/mol. The zero-order valence-electron chi connectivity index (χ0n) is 11.5. The molecule has 1 unspecified atom stereocenters. The number of ketones is 1. The Hall–Kier alpha value is -1.70. The van der Waals surface area contributed by atoms with Crippen molar-refractivity contribution in [1.82, 2.24) is 4.98 Å². The molecule has 0 aliphatic heterocycles. The molecule has 2 heteroatoms. The SMILES string of the molecule is CC1(C)CCCC1C(=O)c1cncc2ccccc12. The van der Waals surface area contributed by atoms with Gasteiger partial charge in [-0.3, -0.25) is 9.78 Å². The maximum Gasteiger partial charge on any atom is 0.168 e. The van der Waals surface area contributed by atoms with Gasteiger partial charge in [-0.05, 0) is 23.6 Å². The third-order valence-corrected chi connectivity index (χ3v) is 4.51. The fourth-order valence-electron chi connectivity index (χ4n) is 3.31. The minimum atomic E-state index is 0.119. The number of carbonyl (C=O) groups is 1. The molecule has 1 atom stereocenters. The molecule has 0 spiro atoms. The van der Waals surface area contributed by atoms with Crippen LogP contribution in [0.5, 0.6) is 0 Å². The first kappa shape index (κ1) is 12.3. The molecule has 1 fully saturated rings. The number of fused-ring (bicyclic) bond motifs is 1. The first-order chi connectivity index (χ1) is 9.09. The average molecular weight is 253 g/mol. The summed E-state index contributed by atoms with van der Waals surface area (Å²) in [7, 11) is 0. The second-order valence-electron chi connectivity index (χ2n) is 6.21. The van der Waals surface area contributed by atoms with E-state index in [4.69, 9.17) is 0 Å². The number of pyridine rings is 1. The molecular weight excluding hydrogens is 234 g/mol. The Bertz CT molecular complexity index is 625. The van der Waals surface area contributed by atoms with Crippen molar-refractivity contribution in [3.8, 4) is 0 Å². The van der Waals surface area contributed by atoms with Gasteiger partial charge in [0.15, 0.2) is 5.78 Å². The normalized spacial score (nSPS) is 21.7. The van der Waals surface area contributed by atoms with Crippen LogP contribution in [0.15, 0.2) is 36.7 Å². The number of Topliss-reactive ketones (excluding diaryl/α,β-unsaturated/α-hetero) is 1. The van der Waals surface area contributed by atoms with Gasteiger partial charge >= 0.3 is 0 Å². The van der Waals surface area contributed by atoms with E-state index in [1.807, 2.05) is 30.5 Å². The van der Waals surface area contributed by atoms with E-state index in [1.165, 1.54) is 0 Å². The summed E-state index contributed by atoms with van der Waals surface area (Å²) in [6.45, 7) is 4.42. The molecule has 1 aliphatic rings. The fraction of sp³-hybridized carbons (Fsp3) is 0.412. The van der Waals surface area contributed by atoms with Crippen molar-refractivity contribution in [2.45, 2.75) is 33.1 Å². The highest BCUT2D eigenvalue weighted by molar-refractivity contribution is 6.08. The van der Waals surface area contributed by atoms with Crippen LogP contribution < -0.4 is 0 Å². The Morgan fingerprint density at radius 2 is 2.05 bits per heavy atom.